The Labute approximate surface area is 82.0 Å². The number of carboxylic acids is 1. The van der Waals surface area contributed by atoms with Crippen LogP contribution in [0.25, 0.3) is 0 Å². The van der Waals surface area contributed by atoms with Crippen molar-refractivity contribution in [2.45, 2.75) is 0 Å². The molecule has 82 valence electrons. The second-order valence-electron chi connectivity index (χ2n) is 2.84. The number of hydroxylamine groups is 1. The second kappa shape index (κ2) is 7.10. The lowest BCUT2D eigenvalue weighted by Gasteiger charge is -2.10. The molecule has 0 aliphatic carbocycles. The Morgan fingerprint density at radius 2 is 2.07 bits per heavy atom. The number of hydrogen-bond donors (Lipinski definition) is 3. The Morgan fingerprint density at radius 1 is 1.43 bits per heavy atom. The fraction of sp³-hybridized carbons (Fsp3) is 0.714. The van der Waals surface area contributed by atoms with E-state index in [9.17, 15) is 9.59 Å². The van der Waals surface area contributed by atoms with Gasteiger partial charge in [0.05, 0.1) is 0 Å². The van der Waals surface area contributed by atoms with E-state index in [1.807, 2.05) is 24.5 Å². The molecule has 0 aromatic rings. The van der Waals surface area contributed by atoms with Crippen molar-refractivity contribution in [3.8, 4) is 0 Å². The minimum Gasteiger partial charge on any atom is -0.479 e. The lowest BCUT2D eigenvalue weighted by atomic mass is 10.6. The highest BCUT2D eigenvalue weighted by Crippen LogP contribution is 1.73. The van der Waals surface area contributed by atoms with E-state index in [-0.39, 0.29) is 0 Å². The van der Waals surface area contributed by atoms with E-state index in [4.69, 9.17) is 5.11 Å². The van der Waals surface area contributed by atoms with Crippen LogP contribution >= 0.6 is 0 Å². The highest BCUT2D eigenvalue weighted by atomic mass is 16.7. The summed E-state index contributed by atoms with van der Waals surface area (Å²) in [7, 11) is 3.75. The summed E-state index contributed by atoms with van der Waals surface area (Å²) in [6.07, 6.45) is 0. The maximum Gasteiger partial charge on any atom is 0.338 e. The fourth-order valence-corrected chi connectivity index (χ4v) is 0.592. The summed E-state index contributed by atoms with van der Waals surface area (Å²) >= 11 is 0. The first-order valence-electron chi connectivity index (χ1n) is 4.04. The number of nitrogens with zero attached hydrogens (tertiary/aromatic N) is 1. The van der Waals surface area contributed by atoms with E-state index in [1.165, 1.54) is 0 Å². The largest absolute Gasteiger partial charge is 0.479 e. The molecule has 0 saturated heterocycles. The van der Waals surface area contributed by atoms with Gasteiger partial charge in [0.25, 0.3) is 0 Å². The molecule has 2 amide bonds. The van der Waals surface area contributed by atoms with Gasteiger partial charge in [-0.3, -0.25) is 4.84 Å². The summed E-state index contributed by atoms with van der Waals surface area (Å²) in [6, 6.07) is -0.548. The molecule has 0 spiro atoms. The van der Waals surface area contributed by atoms with E-state index in [0.717, 1.165) is 0 Å². The highest BCUT2D eigenvalue weighted by Gasteiger charge is 2.01. The number of carbonyl (C=O) groups is 2. The molecule has 14 heavy (non-hydrogen) atoms. The Bertz CT molecular complexity index is 195. The third-order valence-corrected chi connectivity index (χ3v) is 1.21. The van der Waals surface area contributed by atoms with E-state index < -0.39 is 18.6 Å². The van der Waals surface area contributed by atoms with Crippen LogP contribution in [0, 0.1) is 0 Å². The van der Waals surface area contributed by atoms with Crippen molar-refractivity contribution in [1.29, 1.82) is 0 Å². The van der Waals surface area contributed by atoms with Crippen molar-refractivity contribution >= 4 is 12.0 Å². The first-order valence-corrected chi connectivity index (χ1v) is 4.04. The second-order valence-corrected chi connectivity index (χ2v) is 2.84. The van der Waals surface area contributed by atoms with Crippen molar-refractivity contribution < 1.29 is 19.5 Å². The van der Waals surface area contributed by atoms with Gasteiger partial charge in [-0.1, -0.05) is 0 Å². The smallest absolute Gasteiger partial charge is 0.338 e. The predicted octanol–water partition coefficient (Wildman–Crippen LogP) is -1.14. The fourth-order valence-electron chi connectivity index (χ4n) is 0.592. The molecule has 0 saturated carbocycles. The summed E-state index contributed by atoms with van der Waals surface area (Å²) in [4.78, 5) is 27.1. The number of nitrogens with one attached hydrogen (secondary N) is 2. The maximum absolute atomic E-state index is 10.8. The topological polar surface area (TPSA) is 90.9 Å². The summed E-state index contributed by atoms with van der Waals surface area (Å²) in [5.41, 5.74) is 1.94. The Morgan fingerprint density at radius 3 is 2.57 bits per heavy atom. The van der Waals surface area contributed by atoms with E-state index >= 15 is 0 Å². The zero-order chi connectivity index (χ0) is 11.0. The Kier molecular flexibility index (Phi) is 6.42. The van der Waals surface area contributed by atoms with Crippen LogP contribution < -0.4 is 10.8 Å². The molecule has 0 heterocycles. The van der Waals surface area contributed by atoms with E-state index in [1.54, 1.807) is 0 Å². The first kappa shape index (κ1) is 12.7. The van der Waals surface area contributed by atoms with Gasteiger partial charge in [-0.2, -0.15) is 0 Å². The highest BCUT2D eigenvalue weighted by molar-refractivity contribution is 5.73. The summed E-state index contributed by atoms with van der Waals surface area (Å²) in [5.74, 6) is -1.14. The normalized spacial score (nSPS) is 9.93. The third-order valence-electron chi connectivity index (χ3n) is 1.21. The van der Waals surface area contributed by atoms with Crippen LogP contribution in [0.15, 0.2) is 0 Å². The van der Waals surface area contributed by atoms with Crippen LogP contribution in [0.5, 0.6) is 0 Å². The van der Waals surface area contributed by atoms with Gasteiger partial charge in [0.2, 0.25) is 0 Å². The van der Waals surface area contributed by atoms with Crippen LogP contribution in [0.3, 0.4) is 0 Å². The summed E-state index contributed by atoms with van der Waals surface area (Å²) in [6.45, 7) is 0.614. The van der Waals surface area contributed by atoms with Crippen molar-refractivity contribution in [2.24, 2.45) is 0 Å². The number of likely N-dealkylation sites (N-methyl/N-ethyl adjacent to an activating group) is 1. The van der Waals surface area contributed by atoms with Gasteiger partial charge in [0, 0.05) is 13.1 Å². The lowest BCUT2D eigenvalue weighted by molar-refractivity contribution is -0.144. The number of carboxylic acid groups (broad SMARTS) is 1. The molecule has 0 atom stereocenters. The standard InChI is InChI=1S/C7H15N3O4/c1-10(2)4-3-8-7(13)9-14-5-6(11)12/h3-5H2,1-2H3,(H,11,12)(H2,8,9,13). The number of hydrogen-bond acceptors (Lipinski definition) is 4. The quantitative estimate of drug-likeness (QED) is 0.477. The molecule has 0 unspecified atom stereocenters. The molecule has 0 radical (unpaired) electrons. The molecule has 0 fully saturated rings. The molecule has 0 aromatic carbocycles. The zero-order valence-electron chi connectivity index (χ0n) is 8.24. The van der Waals surface area contributed by atoms with Crippen molar-refractivity contribution in [3.63, 3.8) is 0 Å². The molecule has 7 nitrogen and oxygen atoms in total. The van der Waals surface area contributed by atoms with Crippen molar-refractivity contribution in [3.05, 3.63) is 0 Å². The number of aliphatic carboxylic acids is 1. The number of urea groups is 1. The Hall–Kier alpha value is -1.34. The number of carbonyl (C=O) groups excluding carboxylic acids is 1. The minimum atomic E-state index is -1.14. The Balaban J connectivity index is 3.33. The van der Waals surface area contributed by atoms with Gasteiger partial charge in [-0.05, 0) is 14.1 Å². The molecule has 0 bridgehead atoms. The van der Waals surface area contributed by atoms with Crippen LogP contribution in [0.1, 0.15) is 0 Å². The monoisotopic (exact) mass is 205 g/mol. The summed E-state index contributed by atoms with van der Waals surface area (Å²) in [5, 5.41) is 10.6. The maximum atomic E-state index is 10.8. The van der Waals surface area contributed by atoms with E-state index in [0.29, 0.717) is 13.1 Å². The first-order chi connectivity index (χ1) is 6.52. The van der Waals surface area contributed by atoms with E-state index in [2.05, 4.69) is 10.2 Å². The zero-order valence-corrected chi connectivity index (χ0v) is 8.24. The van der Waals surface area contributed by atoms with Crippen molar-refractivity contribution in [2.75, 3.05) is 33.8 Å². The van der Waals surface area contributed by atoms with Crippen molar-refractivity contribution in [1.82, 2.24) is 15.7 Å². The predicted molar refractivity (Wildman–Crippen MR) is 48.7 cm³/mol. The molecule has 7 heteroatoms. The minimum absolute atomic E-state index is 0.468. The number of amides is 2. The average molecular weight is 205 g/mol. The third kappa shape index (κ3) is 8.75. The van der Waals surface area contributed by atoms with Crippen LogP contribution in [-0.2, 0) is 9.63 Å². The average Bonchev–Trinajstić information content (AvgIpc) is 2.02. The molecule has 3 N–H and O–H groups in total. The molecule has 0 aliphatic rings. The van der Waals surface area contributed by atoms with Crippen LogP contribution in [-0.4, -0.2) is 55.8 Å². The van der Waals surface area contributed by atoms with Gasteiger partial charge >= 0.3 is 12.0 Å². The van der Waals surface area contributed by atoms with Gasteiger partial charge in [0.15, 0.2) is 6.61 Å². The van der Waals surface area contributed by atoms with Gasteiger partial charge in [-0.15, -0.1) is 0 Å². The summed E-state index contributed by atoms with van der Waals surface area (Å²) < 4.78 is 0. The molecular formula is C7H15N3O4. The molecule has 0 aromatic heterocycles. The van der Waals surface area contributed by atoms with Crippen LogP contribution in [0.2, 0.25) is 0 Å². The van der Waals surface area contributed by atoms with Gasteiger partial charge < -0.3 is 15.3 Å². The van der Waals surface area contributed by atoms with Gasteiger partial charge in [-0.25, -0.2) is 15.1 Å². The molecule has 0 rings (SSSR count). The number of rotatable bonds is 6. The molecular weight excluding hydrogens is 190 g/mol. The lowest BCUT2D eigenvalue weighted by Crippen LogP contribution is -2.39. The SMILES string of the molecule is CN(C)CCNC(=O)NOCC(=O)O. The van der Waals surface area contributed by atoms with Crippen LogP contribution in [0.4, 0.5) is 4.79 Å². The molecule has 0 aliphatic heterocycles. The van der Waals surface area contributed by atoms with Gasteiger partial charge in [0.1, 0.15) is 0 Å².